The fraction of sp³-hybridized carbons (Fsp3) is 0.400. The molecule has 0 spiro atoms. The van der Waals surface area contributed by atoms with Crippen LogP contribution >= 0.6 is 0 Å². The van der Waals surface area contributed by atoms with Crippen molar-refractivity contribution in [3.63, 3.8) is 0 Å². The van der Waals surface area contributed by atoms with E-state index in [0.29, 0.717) is 18.8 Å². The van der Waals surface area contributed by atoms with Crippen molar-refractivity contribution in [3.05, 3.63) is 60.2 Å². The van der Waals surface area contributed by atoms with Crippen LogP contribution in [0.1, 0.15) is 26.3 Å². The molecule has 0 unspecified atom stereocenters. The zero-order valence-electron chi connectivity index (χ0n) is 19.7. The molecule has 0 bridgehead atoms. The molecule has 0 aromatic heterocycles. The number of rotatable bonds is 9. The van der Waals surface area contributed by atoms with Crippen molar-refractivity contribution in [2.75, 3.05) is 56.0 Å². The summed E-state index contributed by atoms with van der Waals surface area (Å²) in [5.74, 6) is -0.301. The van der Waals surface area contributed by atoms with Crippen molar-refractivity contribution >= 4 is 33.4 Å². The maximum atomic E-state index is 13.1. The number of benzene rings is 2. The first kappa shape index (κ1) is 25.0. The van der Waals surface area contributed by atoms with E-state index in [1.807, 2.05) is 50.2 Å². The quantitative estimate of drug-likeness (QED) is 0.568. The van der Waals surface area contributed by atoms with Crippen molar-refractivity contribution in [3.8, 4) is 0 Å². The van der Waals surface area contributed by atoms with Gasteiger partial charge in [-0.3, -0.25) is 4.79 Å². The highest BCUT2D eigenvalue weighted by molar-refractivity contribution is 7.89. The third-order valence-electron chi connectivity index (χ3n) is 5.96. The van der Waals surface area contributed by atoms with Crippen LogP contribution in [0, 0.1) is 0 Å². The van der Waals surface area contributed by atoms with Gasteiger partial charge < -0.3 is 15.1 Å². The first-order valence-corrected chi connectivity index (χ1v) is 13.0. The first-order chi connectivity index (χ1) is 15.9. The Morgan fingerprint density at radius 2 is 1.67 bits per heavy atom. The Bertz CT molecular complexity index is 1060. The van der Waals surface area contributed by atoms with Gasteiger partial charge in [0.05, 0.1) is 16.3 Å². The lowest BCUT2D eigenvalue weighted by Gasteiger charge is -2.36. The summed E-state index contributed by atoms with van der Waals surface area (Å²) in [5, 5.41) is 2.93. The molecule has 1 aliphatic heterocycles. The van der Waals surface area contributed by atoms with Gasteiger partial charge in [-0.05, 0) is 36.4 Å². The van der Waals surface area contributed by atoms with Gasteiger partial charge in [-0.2, -0.15) is 4.31 Å². The van der Waals surface area contributed by atoms with E-state index in [1.165, 1.54) is 10.4 Å². The SMILES string of the molecule is CCN1CCN(c2ccc(S(=O)(=O)N(CC)CC)cc2NC(=O)/C=C/c2ccccc2)CC1. The summed E-state index contributed by atoms with van der Waals surface area (Å²) in [7, 11) is -3.64. The molecule has 7 nitrogen and oxygen atoms in total. The minimum Gasteiger partial charge on any atom is -0.367 e. The molecule has 1 fully saturated rings. The summed E-state index contributed by atoms with van der Waals surface area (Å²) in [5.41, 5.74) is 2.27. The number of carbonyl (C=O) groups excluding carboxylic acids is 1. The Morgan fingerprint density at radius 3 is 2.27 bits per heavy atom. The van der Waals surface area contributed by atoms with Gasteiger partial charge in [-0.25, -0.2) is 8.42 Å². The number of likely N-dealkylation sites (N-methyl/N-ethyl adjacent to an activating group) is 1. The molecular weight excluding hydrogens is 436 g/mol. The second kappa shape index (κ2) is 11.4. The number of hydrogen-bond donors (Lipinski definition) is 1. The number of piperazine rings is 1. The maximum absolute atomic E-state index is 13.1. The fourth-order valence-electron chi connectivity index (χ4n) is 3.98. The number of nitrogens with one attached hydrogen (secondary N) is 1. The number of anilines is 2. The van der Waals surface area contributed by atoms with E-state index in [1.54, 1.807) is 18.2 Å². The summed E-state index contributed by atoms with van der Waals surface area (Å²) in [6.45, 7) is 11.1. The Labute approximate surface area is 197 Å². The van der Waals surface area contributed by atoms with Gasteiger partial charge in [0.2, 0.25) is 15.9 Å². The molecule has 0 saturated carbocycles. The van der Waals surface area contributed by atoms with Crippen LogP contribution in [0.4, 0.5) is 11.4 Å². The maximum Gasteiger partial charge on any atom is 0.248 e. The van der Waals surface area contributed by atoms with Gasteiger partial charge in [-0.1, -0.05) is 51.1 Å². The Morgan fingerprint density at radius 1 is 1.00 bits per heavy atom. The standard InChI is InChI=1S/C25H34N4O3S/c1-4-27-16-18-28(19-17-27)24-14-13-22(33(31,32)29(5-2)6-3)20-23(24)26-25(30)15-12-21-10-8-7-9-11-21/h7-15,20H,4-6,16-19H2,1-3H3,(H,26,30)/b15-12+. The van der Waals surface area contributed by atoms with Crippen LogP contribution in [-0.2, 0) is 14.8 Å². The highest BCUT2D eigenvalue weighted by Gasteiger charge is 2.25. The molecule has 0 radical (unpaired) electrons. The number of nitrogens with zero attached hydrogens (tertiary/aromatic N) is 3. The van der Waals surface area contributed by atoms with E-state index in [9.17, 15) is 13.2 Å². The second-order valence-corrected chi connectivity index (χ2v) is 9.86. The highest BCUT2D eigenvalue weighted by Crippen LogP contribution is 2.31. The smallest absolute Gasteiger partial charge is 0.248 e. The average Bonchev–Trinajstić information content (AvgIpc) is 2.84. The molecule has 33 heavy (non-hydrogen) atoms. The van der Waals surface area contributed by atoms with Crippen LogP contribution in [0.5, 0.6) is 0 Å². The largest absolute Gasteiger partial charge is 0.367 e. The molecule has 8 heteroatoms. The molecule has 1 heterocycles. The van der Waals surface area contributed by atoms with E-state index in [2.05, 4.69) is 22.0 Å². The Hall–Kier alpha value is -2.68. The summed E-state index contributed by atoms with van der Waals surface area (Å²) >= 11 is 0. The van der Waals surface area contributed by atoms with Crippen LogP contribution in [0.2, 0.25) is 0 Å². The molecule has 2 aromatic carbocycles. The molecule has 1 amide bonds. The van der Waals surface area contributed by atoms with Gasteiger partial charge in [-0.15, -0.1) is 0 Å². The molecule has 1 aliphatic rings. The lowest BCUT2D eigenvalue weighted by atomic mass is 10.2. The Balaban J connectivity index is 1.91. The van der Waals surface area contributed by atoms with Crippen molar-refractivity contribution in [2.45, 2.75) is 25.7 Å². The fourth-order valence-corrected chi connectivity index (χ4v) is 5.46. The van der Waals surface area contributed by atoms with Gasteiger partial charge in [0, 0.05) is 45.3 Å². The zero-order valence-corrected chi connectivity index (χ0v) is 20.5. The molecule has 1 N–H and O–H groups in total. The van der Waals surface area contributed by atoms with E-state index in [-0.39, 0.29) is 10.8 Å². The van der Waals surface area contributed by atoms with Crippen LogP contribution in [0.3, 0.4) is 0 Å². The summed E-state index contributed by atoms with van der Waals surface area (Å²) in [6.07, 6.45) is 3.21. The van der Waals surface area contributed by atoms with Crippen LogP contribution < -0.4 is 10.2 Å². The van der Waals surface area contributed by atoms with Crippen LogP contribution in [0.15, 0.2) is 59.5 Å². The minimum absolute atomic E-state index is 0.185. The average molecular weight is 471 g/mol. The second-order valence-electron chi connectivity index (χ2n) is 7.92. The lowest BCUT2D eigenvalue weighted by Crippen LogP contribution is -2.46. The lowest BCUT2D eigenvalue weighted by molar-refractivity contribution is -0.111. The summed E-state index contributed by atoms with van der Waals surface area (Å²) in [6, 6.07) is 14.6. The van der Waals surface area contributed by atoms with Gasteiger partial charge in [0.25, 0.3) is 0 Å². The molecule has 2 aromatic rings. The molecular formula is C25H34N4O3S. The number of sulfonamides is 1. The normalized spacial score (nSPS) is 15.3. The molecule has 178 valence electrons. The van der Waals surface area contributed by atoms with Gasteiger partial charge in [0.15, 0.2) is 0 Å². The summed E-state index contributed by atoms with van der Waals surface area (Å²) in [4.78, 5) is 17.5. The van der Waals surface area contributed by atoms with E-state index in [0.717, 1.165) is 44.0 Å². The van der Waals surface area contributed by atoms with Crippen molar-refractivity contribution in [1.29, 1.82) is 0 Å². The molecule has 0 atom stereocenters. The molecule has 0 aliphatic carbocycles. The highest BCUT2D eigenvalue weighted by atomic mass is 32.2. The third-order valence-corrected chi connectivity index (χ3v) is 8.00. The predicted molar refractivity (Wildman–Crippen MR) is 135 cm³/mol. The number of carbonyl (C=O) groups is 1. The Kier molecular flexibility index (Phi) is 8.66. The molecule has 1 saturated heterocycles. The zero-order chi connectivity index (χ0) is 23.8. The van der Waals surface area contributed by atoms with E-state index in [4.69, 9.17) is 0 Å². The van der Waals surface area contributed by atoms with Crippen molar-refractivity contribution < 1.29 is 13.2 Å². The topological polar surface area (TPSA) is 73.0 Å². The van der Waals surface area contributed by atoms with Crippen LogP contribution in [-0.4, -0.2) is 69.3 Å². The third kappa shape index (κ3) is 6.22. The van der Waals surface area contributed by atoms with Crippen molar-refractivity contribution in [2.24, 2.45) is 0 Å². The summed E-state index contributed by atoms with van der Waals surface area (Å²) < 4.78 is 27.6. The van der Waals surface area contributed by atoms with Gasteiger partial charge >= 0.3 is 0 Å². The monoisotopic (exact) mass is 470 g/mol. The minimum atomic E-state index is -3.64. The number of amides is 1. The van der Waals surface area contributed by atoms with E-state index < -0.39 is 10.0 Å². The van der Waals surface area contributed by atoms with Crippen molar-refractivity contribution in [1.82, 2.24) is 9.21 Å². The van der Waals surface area contributed by atoms with Gasteiger partial charge in [0.1, 0.15) is 0 Å². The van der Waals surface area contributed by atoms with Crippen LogP contribution in [0.25, 0.3) is 6.08 Å². The number of hydrogen-bond acceptors (Lipinski definition) is 5. The van der Waals surface area contributed by atoms with E-state index >= 15 is 0 Å². The predicted octanol–water partition coefficient (Wildman–Crippen LogP) is 3.51. The molecule has 3 rings (SSSR count). The first-order valence-electron chi connectivity index (χ1n) is 11.5.